The van der Waals surface area contributed by atoms with Gasteiger partial charge in [0, 0.05) is 31.1 Å². The van der Waals surface area contributed by atoms with Crippen molar-refractivity contribution in [1.82, 2.24) is 15.2 Å². The smallest absolute Gasteiger partial charge is 0.410 e. The monoisotopic (exact) mass is 335 g/mol. The Morgan fingerprint density at radius 2 is 2.21 bits per heavy atom. The SMILES string of the molecule is CC(C)(C)OC(=O)N1CC[C@H](NCc2ccc(F)cn2)C2(CC2)C1. The van der Waals surface area contributed by atoms with Crippen molar-refractivity contribution in [2.75, 3.05) is 13.1 Å². The highest BCUT2D eigenvalue weighted by Gasteiger charge is 2.53. The highest BCUT2D eigenvalue weighted by Crippen LogP contribution is 2.52. The predicted molar refractivity (Wildman–Crippen MR) is 88.9 cm³/mol. The third-order valence-corrected chi connectivity index (χ3v) is 4.79. The van der Waals surface area contributed by atoms with Gasteiger partial charge in [0.15, 0.2) is 0 Å². The molecule has 24 heavy (non-hydrogen) atoms. The molecule has 0 radical (unpaired) electrons. The van der Waals surface area contributed by atoms with E-state index in [-0.39, 0.29) is 17.3 Å². The summed E-state index contributed by atoms with van der Waals surface area (Å²) in [6.07, 6.45) is 4.18. The minimum absolute atomic E-state index is 0.162. The van der Waals surface area contributed by atoms with Crippen molar-refractivity contribution in [1.29, 1.82) is 0 Å². The largest absolute Gasteiger partial charge is 0.444 e. The van der Waals surface area contributed by atoms with Gasteiger partial charge in [-0.3, -0.25) is 4.98 Å². The summed E-state index contributed by atoms with van der Waals surface area (Å²) < 4.78 is 18.4. The van der Waals surface area contributed by atoms with Gasteiger partial charge >= 0.3 is 6.09 Å². The minimum atomic E-state index is -0.461. The first-order valence-electron chi connectivity index (χ1n) is 8.59. The van der Waals surface area contributed by atoms with E-state index < -0.39 is 5.60 Å². The van der Waals surface area contributed by atoms with Gasteiger partial charge in [-0.2, -0.15) is 0 Å². The van der Waals surface area contributed by atoms with Crippen LogP contribution < -0.4 is 5.32 Å². The van der Waals surface area contributed by atoms with Crippen LogP contribution in [0.3, 0.4) is 0 Å². The fourth-order valence-corrected chi connectivity index (χ4v) is 3.37. The molecule has 1 saturated heterocycles. The Morgan fingerprint density at radius 1 is 1.46 bits per heavy atom. The predicted octanol–water partition coefficient (Wildman–Crippen LogP) is 3.10. The summed E-state index contributed by atoms with van der Waals surface area (Å²) in [4.78, 5) is 18.2. The number of halogens is 1. The molecule has 1 amide bonds. The molecule has 1 atom stereocenters. The van der Waals surface area contributed by atoms with Gasteiger partial charge in [0.25, 0.3) is 0 Å². The number of hydrogen-bond donors (Lipinski definition) is 1. The third kappa shape index (κ3) is 4.04. The van der Waals surface area contributed by atoms with Crippen molar-refractivity contribution < 1.29 is 13.9 Å². The molecular weight excluding hydrogens is 309 g/mol. The normalized spacial score (nSPS) is 22.5. The first-order valence-corrected chi connectivity index (χ1v) is 8.59. The standard InChI is InChI=1S/C18H26FN3O2/c1-17(2,3)24-16(23)22-9-6-15(18(12-22)7-8-18)21-11-14-5-4-13(19)10-20-14/h4-5,10,15,21H,6-9,11-12H2,1-3H3/t15-/m0/s1. The van der Waals surface area contributed by atoms with Crippen molar-refractivity contribution in [3.8, 4) is 0 Å². The number of piperidine rings is 1. The summed E-state index contributed by atoms with van der Waals surface area (Å²) in [6, 6.07) is 3.50. The number of likely N-dealkylation sites (tertiary alicyclic amines) is 1. The molecule has 1 aromatic heterocycles. The van der Waals surface area contributed by atoms with Crippen molar-refractivity contribution in [3.05, 3.63) is 29.8 Å². The van der Waals surface area contributed by atoms with Gasteiger partial charge in [-0.05, 0) is 52.2 Å². The maximum absolute atomic E-state index is 12.9. The quantitative estimate of drug-likeness (QED) is 0.922. The van der Waals surface area contributed by atoms with Gasteiger partial charge in [0.1, 0.15) is 11.4 Å². The minimum Gasteiger partial charge on any atom is -0.444 e. The van der Waals surface area contributed by atoms with E-state index in [0.29, 0.717) is 19.1 Å². The Kier molecular flexibility index (Phi) is 4.51. The zero-order chi connectivity index (χ0) is 17.4. The molecule has 3 rings (SSSR count). The van der Waals surface area contributed by atoms with Crippen molar-refractivity contribution in [3.63, 3.8) is 0 Å². The van der Waals surface area contributed by atoms with Gasteiger partial charge < -0.3 is 15.0 Å². The highest BCUT2D eigenvalue weighted by atomic mass is 19.1. The van der Waals surface area contributed by atoms with Gasteiger partial charge in [0.2, 0.25) is 0 Å². The molecule has 6 heteroatoms. The van der Waals surface area contributed by atoms with Crippen LogP contribution in [-0.4, -0.2) is 40.7 Å². The average molecular weight is 335 g/mol. The third-order valence-electron chi connectivity index (χ3n) is 4.79. The summed E-state index contributed by atoms with van der Waals surface area (Å²) >= 11 is 0. The Hall–Kier alpha value is -1.69. The summed E-state index contributed by atoms with van der Waals surface area (Å²) in [5, 5.41) is 3.55. The summed E-state index contributed by atoms with van der Waals surface area (Å²) in [7, 11) is 0. The number of nitrogens with zero attached hydrogens (tertiary/aromatic N) is 2. The zero-order valence-electron chi connectivity index (χ0n) is 14.6. The molecule has 0 unspecified atom stereocenters. The number of hydrogen-bond acceptors (Lipinski definition) is 4. The van der Waals surface area contributed by atoms with Crippen molar-refractivity contribution >= 4 is 6.09 Å². The van der Waals surface area contributed by atoms with E-state index in [0.717, 1.165) is 31.5 Å². The Morgan fingerprint density at radius 3 is 2.79 bits per heavy atom. The molecule has 1 aromatic rings. The van der Waals surface area contributed by atoms with E-state index in [2.05, 4.69) is 10.3 Å². The van der Waals surface area contributed by atoms with Crippen LogP contribution in [0.1, 0.15) is 45.7 Å². The molecule has 1 spiro atoms. The number of amides is 1. The molecule has 0 aromatic carbocycles. The van der Waals surface area contributed by atoms with Crippen LogP contribution in [0.2, 0.25) is 0 Å². The van der Waals surface area contributed by atoms with Crippen LogP contribution in [-0.2, 0) is 11.3 Å². The second kappa shape index (κ2) is 6.31. The molecule has 1 N–H and O–H groups in total. The highest BCUT2D eigenvalue weighted by molar-refractivity contribution is 5.68. The lowest BCUT2D eigenvalue weighted by molar-refractivity contribution is 0.0105. The molecule has 1 saturated carbocycles. The number of rotatable bonds is 3. The van der Waals surface area contributed by atoms with E-state index >= 15 is 0 Å². The second-order valence-corrected chi connectivity index (χ2v) is 7.95. The number of aromatic nitrogens is 1. The van der Waals surface area contributed by atoms with E-state index in [1.165, 1.54) is 12.3 Å². The lowest BCUT2D eigenvalue weighted by Gasteiger charge is -2.40. The molecule has 1 aliphatic heterocycles. The maximum atomic E-state index is 12.9. The maximum Gasteiger partial charge on any atom is 0.410 e. The van der Waals surface area contributed by atoms with Crippen LogP contribution in [0.4, 0.5) is 9.18 Å². The Balaban J connectivity index is 1.55. The van der Waals surface area contributed by atoms with Crippen LogP contribution in [0.5, 0.6) is 0 Å². The topological polar surface area (TPSA) is 54.5 Å². The Bertz CT molecular complexity index is 593. The van der Waals surface area contributed by atoms with Crippen molar-refractivity contribution in [2.24, 2.45) is 5.41 Å². The number of ether oxygens (including phenoxy) is 1. The molecule has 5 nitrogen and oxygen atoms in total. The number of carbonyl (C=O) groups is 1. The molecule has 2 aliphatic rings. The number of carbonyl (C=O) groups excluding carboxylic acids is 1. The fourth-order valence-electron chi connectivity index (χ4n) is 3.37. The molecule has 2 fully saturated rings. The van der Waals surface area contributed by atoms with Gasteiger partial charge in [-0.25, -0.2) is 9.18 Å². The zero-order valence-corrected chi connectivity index (χ0v) is 14.6. The summed E-state index contributed by atoms with van der Waals surface area (Å²) in [5.74, 6) is -0.317. The molecule has 132 valence electrons. The van der Waals surface area contributed by atoms with E-state index in [1.807, 2.05) is 25.7 Å². The Labute approximate surface area is 142 Å². The molecule has 0 bridgehead atoms. The average Bonchev–Trinajstić information content (AvgIpc) is 3.26. The lowest BCUT2D eigenvalue weighted by atomic mass is 9.89. The van der Waals surface area contributed by atoms with Crippen LogP contribution in [0.15, 0.2) is 18.3 Å². The van der Waals surface area contributed by atoms with Gasteiger partial charge in [-0.15, -0.1) is 0 Å². The van der Waals surface area contributed by atoms with Crippen molar-refractivity contribution in [2.45, 2.75) is 58.2 Å². The molecule has 1 aliphatic carbocycles. The van der Waals surface area contributed by atoms with Crippen LogP contribution >= 0.6 is 0 Å². The van der Waals surface area contributed by atoms with E-state index in [1.54, 1.807) is 6.07 Å². The van der Waals surface area contributed by atoms with Crippen LogP contribution in [0.25, 0.3) is 0 Å². The molecule has 2 heterocycles. The lowest BCUT2D eigenvalue weighted by Crippen LogP contribution is -2.53. The number of nitrogens with one attached hydrogen (secondary N) is 1. The first-order chi connectivity index (χ1) is 11.3. The van der Waals surface area contributed by atoms with Gasteiger partial charge in [-0.1, -0.05) is 0 Å². The summed E-state index contributed by atoms with van der Waals surface area (Å²) in [6.45, 7) is 7.74. The molecular formula is C18H26FN3O2. The number of pyridine rings is 1. The second-order valence-electron chi connectivity index (χ2n) is 7.95. The van der Waals surface area contributed by atoms with Crippen LogP contribution in [0, 0.1) is 11.2 Å². The fraction of sp³-hybridized carbons (Fsp3) is 0.667. The van der Waals surface area contributed by atoms with E-state index in [4.69, 9.17) is 4.74 Å². The van der Waals surface area contributed by atoms with E-state index in [9.17, 15) is 9.18 Å². The first kappa shape index (κ1) is 17.1. The summed E-state index contributed by atoms with van der Waals surface area (Å²) in [5.41, 5.74) is 0.536. The van der Waals surface area contributed by atoms with Gasteiger partial charge in [0.05, 0.1) is 11.9 Å².